The van der Waals surface area contributed by atoms with Gasteiger partial charge in [0.2, 0.25) is 0 Å². The van der Waals surface area contributed by atoms with E-state index in [-0.39, 0.29) is 24.7 Å². The number of hydrogen-bond acceptors (Lipinski definition) is 4. The van der Waals surface area contributed by atoms with E-state index >= 15 is 0 Å². The molecule has 1 aromatic heterocycles. The Kier molecular flexibility index (Phi) is 7.97. The van der Waals surface area contributed by atoms with Crippen molar-refractivity contribution >= 4 is 11.0 Å². The molecule has 3 aromatic carbocycles. The molecule has 0 amide bonds. The number of ether oxygens (including phenoxy) is 1. The second-order valence-electron chi connectivity index (χ2n) is 8.21. The summed E-state index contributed by atoms with van der Waals surface area (Å²) in [4.78, 5) is 12.1. The van der Waals surface area contributed by atoms with E-state index in [4.69, 9.17) is 4.74 Å². The van der Waals surface area contributed by atoms with E-state index in [0.717, 1.165) is 29.7 Å². The zero-order valence-electron chi connectivity index (χ0n) is 19.1. The van der Waals surface area contributed by atoms with Crippen LogP contribution in [0, 0.1) is 6.92 Å². The highest BCUT2D eigenvalue weighted by molar-refractivity contribution is 5.77. The Morgan fingerprint density at radius 3 is 2.09 bits per heavy atom. The summed E-state index contributed by atoms with van der Waals surface area (Å²) in [7, 11) is 3.47. The van der Waals surface area contributed by atoms with Gasteiger partial charge in [-0.2, -0.15) is 0 Å². The number of fused-ring (bicyclic) bond motifs is 1. The SMILES string of the molecule is Cc1ccc(CNCc2ccc(OCC(O)c3ccc4c(c3)n(C)c(=O)n4C)cc2)cc1.[Cl-]. The molecule has 0 aliphatic heterocycles. The highest BCUT2D eigenvalue weighted by atomic mass is 35.5. The highest BCUT2D eigenvalue weighted by Crippen LogP contribution is 2.21. The molecule has 1 heterocycles. The number of aliphatic hydroxyl groups excluding tert-OH is 1. The van der Waals surface area contributed by atoms with Gasteiger partial charge in [0.05, 0.1) is 11.0 Å². The normalized spacial score (nSPS) is 11.9. The molecule has 0 saturated carbocycles. The Labute approximate surface area is 199 Å². The summed E-state index contributed by atoms with van der Waals surface area (Å²) >= 11 is 0. The van der Waals surface area contributed by atoms with Gasteiger partial charge in [-0.05, 0) is 47.9 Å². The molecule has 33 heavy (non-hydrogen) atoms. The van der Waals surface area contributed by atoms with Crippen LogP contribution in [-0.4, -0.2) is 20.8 Å². The Morgan fingerprint density at radius 2 is 1.45 bits per heavy atom. The average molecular weight is 467 g/mol. The van der Waals surface area contributed by atoms with Crippen LogP contribution in [0.2, 0.25) is 0 Å². The molecule has 4 aromatic rings. The van der Waals surface area contributed by atoms with Gasteiger partial charge in [0.1, 0.15) is 18.5 Å². The van der Waals surface area contributed by atoms with Gasteiger partial charge in [-0.3, -0.25) is 9.13 Å². The minimum absolute atomic E-state index is 0. The average Bonchev–Trinajstić information content (AvgIpc) is 3.03. The zero-order valence-corrected chi connectivity index (χ0v) is 19.8. The maximum Gasteiger partial charge on any atom is 0.328 e. The van der Waals surface area contributed by atoms with Gasteiger partial charge in [0.25, 0.3) is 0 Å². The van der Waals surface area contributed by atoms with Gasteiger partial charge < -0.3 is 27.6 Å². The summed E-state index contributed by atoms with van der Waals surface area (Å²) in [6, 6.07) is 21.9. The topological polar surface area (TPSA) is 68.4 Å². The third kappa shape index (κ3) is 5.66. The number of nitrogens with zero attached hydrogens (tertiary/aromatic N) is 2. The summed E-state index contributed by atoms with van der Waals surface area (Å²) in [6.45, 7) is 3.82. The number of aliphatic hydroxyl groups is 1. The molecule has 7 heteroatoms. The van der Waals surface area contributed by atoms with Crippen molar-refractivity contribution in [2.75, 3.05) is 6.61 Å². The Balaban J connectivity index is 0.00000306. The molecule has 0 aliphatic rings. The van der Waals surface area contributed by atoms with Gasteiger partial charge in [-0.1, -0.05) is 48.0 Å². The third-order valence-corrected chi connectivity index (χ3v) is 5.79. The molecule has 0 bridgehead atoms. The Hall–Kier alpha value is -3.06. The summed E-state index contributed by atoms with van der Waals surface area (Å²) in [5.41, 5.74) is 5.95. The van der Waals surface area contributed by atoms with E-state index in [1.807, 2.05) is 42.5 Å². The first-order valence-electron chi connectivity index (χ1n) is 10.7. The van der Waals surface area contributed by atoms with Gasteiger partial charge in [-0.15, -0.1) is 0 Å². The van der Waals surface area contributed by atoms with E-state index in [1.54, 1.807) is 23.2 Å². The Bertz CT molecular complexity index is 1260. The number of hydrogen-bond donors (Lipinski definition) is 2. The molecular formula is C26H29ClN3O3-. The van der Waals surface area contributed by atoms with Gasteiger partial charge in [0, 0.05) is 27.2 Å². The molecular weight excluding hydrogens is 438 g/mol. The molecule has 0 spiro atoms. The van der Waals surface area contributed by atoms with Crippen molar-refractivity contribution in [3.63, 3.8) is 0 Å². The van der Waals surface area contributed by atoms with Crippen LogP contribution >= 0.6 is 0 Å². The zero-order chi connectivity index (χ0) is 22.7. The predicted octanol–water partition coefficient (Wildman–Crippen LogP) is 0.592. The lowest BCUT2D eigenvalue weighted by atomic mass is 10.1. The molecule has 0 fully saturated rings. The molecule has 2 N–H and O–H groups in total. The fourth-order valence-corrected chi connectivity index (χ4v) is 3.76. The van der Waals surface area contributed by atoms with Crippen molar-refractivity contribution < 1.29 is 22.3 Å². The van der Waals surface area contributed by atoms with Crippen LogP contribution in [0.4, 0.5) is 0 Å². The summed E-state index contributed by atoms with van der Waals surface area (Å²) in [5.74, 6) is 0.708. The van der Waals surface area contributed by atoms with Crippen LogP contribution < -0.4 is 28.2 Å². The first kappa shape index (κ1) is 24.6. The van der Waals surface area contributed by atoms with Crippen molar-refractivity contribution in [3.8, 4) is 5.75 Å². The Morgan fingerprint density at radius 1 is 0.879 bits per heavy atom. The number of nitrogens with one attached hydrogen (secondary N) is 1. The van der Waals surface area contributed by atoms with Crippen LogP contribution in [0.15, 0.2) is 71.5 Å². The van der Waals surface area contributed by atoms with Crippen molar-refractivity contribution in [1.82, 2.24) is 14.5 Å². The molecule has 1 unspecified atom stereocenters. The van der Waals surface area contributed by atoms with Crippen LogP contribution in [0.3, 0.4) is 0 Å². The molecule has 6 nitrogen and oxygen atoms in total. The monoisotopic (exact) mass is 466 g/mol. The maximum absolute atomic E-state index is 12.1. The summed E-state index contributed by atoms with van der Waals surface area (Å²) in [6.07, 6.45) is -0.787. The van der Waals surface area contributed by atoms with Crippen LogP contribution in [0.5, 0.6) is 5.75 Å². The fraction of sp³-hybridized carbons (Fsp3) is 0.269. The lowest BCUT2D eigenvalue weighted by molar-refractivity contribution is -0.00000829. The minimum atomic E-state index is -0.787. The second-order valence-corrected chi connectivity index (χ2v) is 8.21. The van der Waals surface area contributed by atoms with Crippen molar-refractivity contribution in [2.45, 2.75) is 26.1 Å². The number of imidazole rings is 1. The van der Waals surface area contributed by atoms with Crippen LogP contribution in [-0.2, 0) is 27.2 Å². The summed E-state index contributed by atoms with van der Waals surface area (Å²) < 4.78 is 8.97. The minimum Gasteiger partial charge on any atom is -1.00 e. The van der Waals surface area contributed by atoms with E-state index in [9.17, 15) is 9.90 Å². The smallest absolute Gasteiger partial charge is 0.328 e. The van der Waals surface area contributed by atoms with Crippen molar-refractivity contribution in [3.05, 3.63) is 99.5 Å². The molecule has 174 valence electrons. The number of halogens is 1. The standard InChI is InChI=1S/C26H29N3O3.ClH/c1-18-4-6-19(7-5-18)15-27-16-20-8-11-22(12-9-20)32-17-25(30)21-10-13-23-24(14-21)29(3)26(31)28(23)2;/h4-14,25,27,30H,15-17H2,1-3H3;1H/p-1. The molecule has 0 radical (unpaired) electrons. The first-order valence-corrected chi connectivity index (χ1v) is 10.7. The molecule has 0 aliphatic carbocycles. The number of benzene rings is 3. The van der Waals surface area contributed by atoms with Crippen molar-refractivity contribution in [1.29, 1.82) is 0 Å². The quantitative estimate of drug-likeness (QED) is 0.399. The van der Waals surface area contributed by atoms with Gasteiger partial charge in [-0.25, -0.2) is 4.79 Å². The number of rotatable bonds is 8. The lowest BCUT2D eigenvalue weighted by Crippen LogP contribution is -3.00. The van der Waals surface area contributed by atoms with E-state index in [0.29, 0.717) is 5.75 Å². The predicted molar refractivity (Wildman–Crippen MR) is 127 cm³/mol. The molecule has 0 saturated heterocycles. The summed E-state index contributed by atoms with van der Waals surface area (Å²) in [5, 5.41) is 14.0. The molecule has 4 rings (SSSR count). The second kappa shape index (κ2) is 10.7. The van der Waals surface area contributed by atoms with Crippen molar-refractivity contribution in [2.24, 2.45) is 14.1 Å². The van der Waals surface area contributed by atoms with E-state index < -0.39 is 6.10 Å². The van der Waals surface area contributed by atoms with Gasteiger partial charge >= 0.3 is 5.69 Å². The fourth-order valence-electron chi connectivity index (χ4n) is 3.76. The van der Waals surface area contributed by atoms with Gasteiger partial charge in [0.15, 0.2) is 0 Å². The molecule has 1 atom stereocenters. The number of aromatic nitrogens is 2. The lowest BCUT2D eigenvalue weighted by Gasteiger charge is -2.14. The van der Waals surface area contributed by atoms with E-state index in [2.05, 4.69) is 36.5 Å². The maximum atomic E-state index is 12.1. The largest absolute Gasteiger partial charge is 1.00 e. The van der Waals surface area contributed by atoms with E-state index in [1.165, 1.54) is 16.7 Å². The third-order valence-electron chi connectivity index (χ3n) is 5.79. The highest BCUT2D eigenvalue weighted by Gasteiger charge is 2.13. The first-order chi connectivity index (χ1) is 15.4. The number of aryl methyl sites for hydroxylation is 3. The van der Waals surface area contributed by atoms with Crippen LogP contribution in [0.25, 0.3) is 11.0 Å². The van der Waals surface area contributed by atoms with Crippen LogP contribution in [0.1, 0.15) is 28.4 Å².